The Morgan fingerprint density at radius 2 is 2.00 bits per heavy atom. The number of nitriles is 1. The summed E-state index contributed by atoms with van der Waals surface area (Å²) in [6.45, 7) is 5.18. The Kier molecular flexibility index (Phi) is 6.13. The summed E-state index contributed by atoms with van der Waals surface area (Å²) in [5.74, 6) is 0. The van der Waals surface area contributed by atoms with Gasteiger partial charge in [-0.2, -0.15) is 5.26 Å². The van der Waals surface area contributed by atoms with E-state index in [0.29, 0.717) is 12.2 Å². The van der Waals surface area contributed by atoms with E-state index in [1.165, 1.54) is 0 Å². The molecule has 0 spiro atoms. The van der Waals surface area contributed by atoms with Crippen LogP contribution in [0, 0.1) is 18.3 Å². The van der Waals surface area contributed by atoms with Gasteiger partial charge in [0.2, 0.25) is 0 Å². The monoisotopic (exact) mass is 310 g/mol. The lowest BCUT2D eigenvalue weighted by Crippen LogP contribution is -2.13. The molecular formula is C19H22N2O2. The quantitative estimate of drug-likeness (QED) is 0.788. The van der Waals surface area contributed by atoms with Crippen LogP contribution in [0.15, 0.2) is 35.1 Å². The van der Waals surface area contributed by atoms with Crippen molar-refractivity contribution < 1.29 is 4.74 Å². The Hall–Kier alpha value is -2.38. The standard InChI is InChI=1S/C19H22N2O2/c1-3-4-7-10-23-13-15-8-5-6-9-16(15)17-11-14(2)21-19(22)18(17)12-20/h5-6,8-9,11H,3-4,7,10,13H2,1-2H3,(H,21,22). The number of aromatic amines is 1. The number of aromatic nitrogens is 1. The fraction of sp³-hybridized carbons (Fsp3) is 0.368. The van der Waals surface area contributed by atoms with E-state index in [-0.39, 0.29) is 11.1 Å². The average molecular weight is 310 g/mol. The van der Waals surface area contributed by atoms with Gasteiger partial charge in [-0.15, -0.1) is 0 Å². The van der Waals surface area contributed by atoms with Gasteiger partial charge in [-0.3, -0.25) is 4.79 Å². The topological polar surface area (TPSA) is 65.9 Å². The summed E-state index contributed by atoms with van der Waals surface area (Å²) < 4.78 is 5.75. The zero-order chi connectivity index (χ0) is 16.7. The molecule has 1 N–H and O–H groups in total. The van der Waals surface area contributed by atoms with Gasteiger partial charge >= 0.3 is 0 Å². The highest BCUT2D eigenvalue weighted by Gasteiger charge is 2.13. The third kappa shape index (κ3) is 4.30. The fourth-order valence-electron chi connectivity index (χ4n) is 2.56. The molecule has 4 heteroatoms. The molecule has 0 atom stereocenters. The van der Waals surface area contributed by atoms with Crippen molar-refractivity contribution in [2.24, 2.45) is 0 Å². The molecule has 0 aliphatic rings. The molecule has 0 fully saturated rings. The molecule has 23 heavy (non-hydrogen) atoms. The van der Waals surface area contributed by atoms with Gasteiger partial charge in [0.1, 0.15) is 11.6 Å². The second-order valence-corrected chi connectivity index (χ2v) is 5.60. The Morgan fingerprint density at radius 1 is 1.22 bits per heavy atom. The van der Waals surface area contributed by atoms with Gasteiger partial charge in [0.15, 0.2) is 0 Å². The molecule has 0 aliphatic heterocycles. The molecule has 2 aromatic rings. The minimum Gasteiger partial charge on any atom is -0.377 e. The molecular weight excluding hydrogens is 288 g/mol. The van der Waals surface area contributed by atoms with E-state index < -0.39 is 0 Å². The zero-order valence-corrected chi connectivity index (χ0v) is 13.7. The molecule has 120 valence electrons. The van der Waals surface area contributed by atoms with Crippen LogP contribution in [0.2, 0.25) is 0 Å². The van der Waals surface area contributed by atoms with Crippen molar-refractivity contribution in [1.29, 1.82) is 5.26 Å². The SMILES string of the molecule is CCCCCOCc1ccccc1-c1cc(C)[nH]c(=O)c1C#N. The third-order valence-electron chi connectivity index (χ3n) is 3.74. The van der Waals surface area contributed by atoms with Crippen LogP contribution in [0.5, 0.6) is 0 Å². The predicted octanol–water partition coefficient (Wildman–Crippen LogP) is 3.93. The first-order valence-corrected chi connectivity index (χ1v) is 7.97. The molecule has 0 saturated heterocycles. The first kappa shape index (κ1) is 17.0. The minimum absolute atomic E-state index is 0.147. The fourth-order valence-corrected chi connectivity index (χ4v) is 2.56. The Bertz CT molecular complexity index is 757. The normalized spacial score (nSPS) is 10.5. The molecule has 0 radical (unpaired) electrons. The number of rotatable bonds is 7. The van der Waals surface area contributed by atoms with Crippen molar-refractivity contribution in [3.05, 3.63) is 57.5 Å². The Balaban J connectivity index is 2.31. The van der Waals surface area contributed by atoms with Gasteiger partial charge in [0.25, 0.3) is 5.56 Å². The van der Waals surface area contributed by atoms with E-state index in [4.69, 9.17) is 4.74 Å². The number of hydrogen-bond donors (Lipinski definition) is 1. The Labute approximate surface area is 136 Å². The Morgan fingerprint density at radius 3 is 2.74 bits per heavy atom. The third-order valence-corrected chi connectivity index (χ3v) is 3.74. The molecule has 0 bridgehead atoms. The van der Waals surface area contributed by atoms with Crippen molar-refractivity contribution >= 4 is 0 Å². The lowest BCUT2D eigenvalue weighted by Gasteiger charge is -2.12. The molecule has 4 nitrogen and oxygen atoms in total. The summed E-state index contributed by atoms with van der Waals surface area (Å²) in [6.07, 6.45) is 3.37. The van der Waals surface area contributed by atoms with Crippen LogP contribution in [0.4, 0.5) is 0 Å². The second-order valence-electron chi connectivity index (χ2n) is 5.60. The van der Waals surface area contributed by atoms with Crippen LogP contribution in [0.25, 0.3) is 11.1 Å². The highest BCUT2D eigenvalue weighted by molar-refractivity contribution is 5.73. The van der Waals surface area contributed by atoms with E-state index in [2.05, 4.69) is 11.9 Å². The van der Waals surface area contributed by atoms with E-state index in [1.54, 1.807) is 0 Å². The molecule has 0 aliphatic carbocycles. The van der Waals surface area contributed by atoms with Crippen LogP contribution >= 0.6 is 0 Å². The summed E-state index contributed by atoms with van der Waals surface area (Å²) in [5, 5.41) is 9.31. The predicted molar refractivity (Wildman–Crippen MR) is 91.1 cm³/mol. The molecule has 2 rings (SSSR count). The molecule has 0 amide bonds. The van der Waals surface area contributed by atoms with Crippen LogP contribution < -0.4 is 5.56 Å². The average Bonchev–Trinajstić information content (AvgIpc) is 2.54. The highest BCUT2D eigenvalue weighted by Crippen LogP contribution is 2.26. The minimum atomic E-state index is -0.346. The maximum absolute atomic E-state index is 12.0. The number of benzene rings is 1. The number of unbranched alkanes of at least 4 members (excludes halogenated alkanes) is 2. The largest absolute Gasteiger partial charge is 0.377 e. The maximum atomic E-state index is 12.0. The molecule has 0 saturated carbocycles. The van der Waals surface area contributed by atoms with Crippen molar-refractivity contribution in [2.75, 3.05) is 6.61 Å². The first-order chi connectivity index (χ1) is 11.2. The van der Waals surface area contributed by atoms with Gasteiger partial charge in [-0.05, 0) is 30.5 Å². The number of nitrogens with one attached hydrogen (secondary N) is 1. The van der Waals surface area contributed by atoms with Crippen molar-refractivity contribution in [2.45, 2.75) is 39.7 Å². The summed E-state index contributed by atoms with van der Waals surface area (Å²) in [4.78, 5) is 14.7. The highest BCUT2D eigenvalue weighted by atomic mass is 16.5. The number of aryl methyl sites for hydroxylation is 1. The lowest BCUT2D eigenvalue weighted by molar-refractivity contribution is 0.117. The second kappa shape index (κ2) is 8.30. The lowest BCUT2D eigenvalue weighted by atomic mass is 9.96. The zero-order valence-electron chi connectivity index (χ0n) is 13.7. The van der Waals surface area contributed by atoms with Crippen LogP contribution in [-0.2, 0) is 11.3 Å². The van der Waals surface area contributed by atoms with Crippen molar-refractivity contribution in [3.8, 4) is 17.2 Å². The molecule has 1 heterocycles. The van der Waals surface area contributed by atoms with Gasteiger partial charge < -0.3 is 9.72 Å². The van der Waals surface area contributed by atoms with E-state index in [0.717, 1.165) is 42.7 Å². The van der Waals surface area contributed by atoms with Crippen LogP contribution in [-0.4, -0.2) is 11.6 Å². The number of hydrogen-bond acceptors (Lipinski definition) is 3. The first-order valence-electron chi connectivity index (χ1n) is 7.97. The molecule has 1 aromatic carbocycles. The van der Waals surface area contributed by atoms with Gasteiger partial charge in [0.05, 0.1) is 6.61 Å². The number of H-pyrrole nitrogens is 1. The summed E-state index contributed by atoms with van der Waals surface area (Å²) in [5.41, 5.74) is 3.08. The van der Waals surface area contributed by atoms with E-state index in [9.17, 15) is 10.1 Å². The van der Waals surface area contributed by atoms with Gasteiger partial charge in [0, 0.05) is 17.9 Å². The summed E-state index contributed by atoms with van der Waals surface area (Å²) in [7, 11) is 0. The van der Waals surface area contributed by atoms with Crippen LogP contribution in [0.1, 0.15) is 43.0 Å². The summed E-state index contributed by atoms with van der Waals surface area (Å²) in [6, 6.07) is 11.6. The molecule has 0 unspecified atom stereocenters. The smallest absolute Gasteiger partial charge is 0.266 e. The number of ether oxygens (including phenoxy) is 1. The number of pyridine rings is 1. The van der Waals surface area contributed by atoms with Gasteiger partial charge in [-0.1, -0.05) is 44.0 Å². The number of nitrogens with zero attached hydrogens (tertiary/aromatic N) is 1. The van der Waals surface area contributed by atoms with Gasteiger partial charge in [-0.25, -0.2) is 0 Å². The van der Waals surface area contributed by atoms with Crippen molar-refractivity contribution in [1.82, 2.24) is 4.98 Å². The van der Waals surface area contributed by atoms with E-state index >= 15 is 0 Å². The van der Waals surface area contributed by atoms with E-state index in [1.807, 2.05) is 43.3 Å². The maximum Gasteiger partial charge on any atom is 0.266 e. The summed E-state index contributed by atoms with van der Waals surface area (Å²) >= 11 is 0. The van der Waals surface area contributed by atoms with Crippen molar-refractivity contribution in [3.63, 3.8) is 0 Å². The van der Waals surface area contributed by atoms with Crippen LogP contribution in [0.3, 0.4) is 0 Å². The molecule has 1 aromatic heterocycles.